The minimum atomic E-state index is -1.16. The fraction of sp³-hybridized carbons (Fsp3) is 0.300. The normalized spacial score (nSPS) is 14.0. The van der Waals surface area contributed by atoms with Gasteiger partial charge in [-0.1, -0.05) is 24.3 Å². The van der Waals surface area contributed by atoms with Crippen molar-refractivity contribution in [3.05, 3.63) is 78.4 Å². The van der Waals surface area contributed by atoms with E-state index < -0.39 is 23.9 Å². The van der Waals surface area contributed by atoms with E-state index in [1.165, 1.54) is 0 Å². The van der Waals surface area contributed by atoms with Gasteiger partial charge in [0.05, 0.1) is 31.1 Å². The maximum Gasteiger partial charge on any atom is 0.346 e. The van der Waals surface area contributed by atoms with Crippen molar-refractivity contribution in [2.75, 3.05) is 36.5 Å². The molecule has 0 aromatic heterocycles. The first-order valence-corrected chi connectivity index (χ1v) is 13.1. The Hall–Kier alpha value is -4.73. The highest BCUT2D eigenvalue weighted by molar-refractivity contribution is 6.05. The van der Waals surface area contributed by atoms with Gasteiger partial charge in [-0.25, -0.2) is 4.79 Å². The Bertz CT molecular complexity index is 1300. The molecule has 0 aliphatic carbocycles. The van der Waals surface area contributed by atoms with E-state index >= 15 is 0 Å². The zero-order chi connectivity index (χ0) is 28.3. The molecule has 1 aliphatic rings. The quantitative estimate of drug-likeness (QED) is 0.245. The van der Waals surface area contributed by atoms with E-state index in [4.69, 9.17) is 19.3 Å². The van der Waals surface area contributed by atoms with Gasteiger partial charge in [0.15, 0.2) is 5.75 Å². The summed E-state index contributed by atoms with van der Waals surface area (Å²) in [6.07, 6.45) is 0.811. The second-order valence-corrected chi connectivity index (χ2v) is 9.24. The monoisotopic (exact) mass is 548 g/mol. The van der Waals surface area contributed by atoms with Crippen molar-refractivity contribution in [3.8, 4) is 17.2 Å². The Balaban J connectivity index is 1.31. The van der Waals surface area contributed by atoms with Crippen LogP contribution in [-0.4, -0.2) is 60.5 Å². The lowest BCUT2D eigenvalue weighted by molar-refractivity contribution is -0.145. The van der Waals surface area contributed by atoms with E-state index in [1.807, 2.05) is 30.3 Å². The number of unbranched alkanes of at least 4 members (excludes halogenated alkanes) is 1. The highest BCUT2D eigenvalue weighted by Gasteiger charge is 2.32. The molecule has 1 atom stereocenters. The van der Waals surface area contributed by atoms with Crippen molar-refractivity contribution < 1.29 is 38.8 Å². The lowest BCUT2D eigenvalue weighted by Crippen LogP contribution is -2.45. The molecule has 1 aliphatic heterocycles. The van der Waals surface area contributed by atoms with Gasteiger partial charge in [-0.15, -0.1) is 0 Å². The van der Waals surface area contributed by atoms with Crippen LogP contribution in [0.4, 0.5) is 11.4 Å². The van der Waals surface area contributed by atoms with Gasteiger partial charge >= 0.3 is 11.9 Å². The molecule has 0 saturated carbocycles. The predicted octanol–water partition coefficient (Wildman–Crippen LogP) is 4.69. The van der Waals surface area contributed by atoms with Gasteiger partial charge in [-0.05, 0) is 67.8 Å². The van der Waals surface area contributed by atoms with Gasteiger partial charge in [0.25, 0.3) is 5.91 Å². The van der Waals surface area contributed by atoms with Gasteiger partial charge in [-0.2, -0.15) is 0 Å². The highest BCUT2D eigenvalue weighted by atomic mass is 16.5. The molecule has 0 bridgehead atoms. The molecule has 3 aromatic carbocycles. The van der Waals surface area contributed by atoms with Crippen molar-refractivity contribution in [1.29, 1.82) is 0 Å². The molecule has 210 valence electrons. The number of para-hydroxylation sites is 2. The summed E-state index contributed by atoms with van der Waals surface area (Å²) < 4.78 is 17.2. The van der Waals surface area contributed by atoms with Crippen molar-refractivity contribution >= 4 is 29.2 Å². The van der Waals surface area contributed by atoms with Crippen LogP contribution in [0.15, 0.2) is 72.8 Å². The third-order valence-corrected chi connectivity index (χ3v) is 6.26. The van der Waals surface area contributed by atoms with Crippen LogP contribution in [0.3, 0.4) is 0 Å². The Morgan fingerprint density at radius 1 is 0.850 bits per heavy atom. The standard InChI is InChI=1S/C30H32N2O8/c33-27(34)12-7-17-32-20-26(30(36)37)40-28-24(10-6-11-25(28)32)31-29(35)21-13-15-23(16-14-21)39-19-5-4-18-38-22-8-2-1-3-9-22/h1-3,6,8-11,13-16,26H,4-5,7,12,17-20H2,(H,31,35)(H,33,34)(H,36,37). The van der Waals surface area contributed by atoms with Crippen LogP contribution in [0.2, 0.25) is 0 Å². The fourth-order valence-electron chi connectivity index (χ4n) is 4.23. The summed E-state index contributed by atoms with van der Waals surface area (Å²) in [5.74, 6) is -0.738. The van der Waals surface area contributed by atoms with E-state index in [1.54, 1.807) is 47.4 Å². The molecule has 1 heterocycles. The molecule has 3 N–H and O–H groups in total. The summed E-state index contributed by atoms with van der Waals surface area (Å²) in [6.45, 7) is 1.53. The van der Waals surface area contributed by atoms with E-state index in [0.717, 1.165) is 18.6 Å². The fourth-order valence-corrected chi connectivity index (χ4v) is 4.23. The number of anilines is 2. The maximum atomic E-state index is 13.0. The third kappa shape index (κ3) is 7.89. The number of carboxylic acids is 2. The van der Waals surface area contributed by atoms with Crippen LogP contribution in [0.1, 0.15) is 36.0 Å². The van der Waals surface area contributed by atoms with Gasteiger partial charge < -0.3 is 34.6 Å². The van der Waals surface area contributed by atoms with E-state index in [-0.39, 0.29) is 18.7 Å². The number of ether oxygens (including phenoxy) is 3. The molecule has 0 fully saturated rings. The molecule has 1 unspecified atom stereocenters. The number of hydrogen-bond donors (Lipinski definition) is 3. The summed E-state index contributed by atoms with van der Waals surface area (Å²) in [4.78, 5) is 37.4. The average Bonchev–Trinajstić information content (AvgIpc) is 2.95. The molecule has 4 rings (SSSR count). The summed E-state index contributed by atoms with van der Waals surface area (Å²) in [7, 11) is 0. The molecule has 10 heteroatoms. The zero-order valence-corrected chi connectivity index (χ0v) is 22.0. The summed E-state index contributed by atoms with van der Waals surface area (Å²) >= 11 is 0. The first-order valence-electron chi connectivity index (χ1n) is 13.1. The number of aliphatic carboxylic acids is 2. The first-order chi connectivity index (χ1) is 19.4. The number of nitrogens with zero attached hydrogens (tertiary/aromatic N) is 1. The number of carboxylic acid groups (broad SMARTS) is 2. The van der Waals surface area contributed by atoms with E-state index in [2.05, 4.69) is 5.32 Å². The Labute approximate surface area is 232 Å². The van der Waals surface area contributed by atoms with Crippen molar-refractivity contribution in [2.45, 2.75) is 31.8 Å². The molecule has 10 nitrogen and oxygen atoms in total. The minimum absolute atomic E-state index is 0.0385. The van der Waals surface area contributed by atoms with Crippen LogP contribution in [-0.2, 0) is 9.59 Å². The highest BCUT2D eigenvalue weighted by Crippen LogP contribution is 2.40. The lowest BCUT2D eigenvalue weighted by atomic mass is 10.1. The van der Waals surface area contributed by atoms with Gasteiger partial charge in [0.2, 0.25) is 6.10 Å². The number of carbonyl (C=O) groups is 3. The molecule has 3 aromatic rings. The van der Waals surface area contributed by atoms with Crippen LogP contribution in [0.25, 0.3) is 0 Å². The van der Waals surface area contributed by atoms with Gasteiger partial charge in [-0.3, -0.25) is 9.59 Å². The zero-order valence-electron chi connectivity index (χ0n) is 22.0. The molecule has 0 spiro atoms. The SMILES string of the molecule is O=C(O)CCCN1CC(C(=O)O)Oc2c(NC(=O)c3ccc(OCCCCOc4ccccc4)cc3)cccc21. The number of nitrogens with one attached hydrogen (secondary N) is 1. The number of benzene rings is 3. The number of amides is 1. The summed E-state index contributed by atoms with van der Waals surface area (Å²) in [5, 5.41) is 21.3. The van der Waals surface area contributed by atoms with Crippen LogP contribution < -0.4 is 24.4 Å². The number of fused-ring (bicyclic) bond motifs is 1. The molecular weight excluding hydrogens is 516 g/mol. The van der Waals surface area contributed by atoms with Crippen molar-refractivity contribution in [2.24, 2.45) is 0 Å². The summed E-state index contributed by atoms with van der Waals surface area (Å²) in [5.41, 5.74) is 1.32. The van der Waals surface area contributed by atoms with E-state index in [0.29, 0.717) is 48.9 Å². The lowest BCUT2D eigenvalue weighted by Gasteiger charge is -2.35. The molecule has 1 amide bonds. The minimum Gasteiger partial charge on any atom is -0.494 e. The maximum absolute atomic E-state index is 13.0. The van der Waals surface area contributed by atoms with Crippen molar-refractivity contribution in [3.63, 3.8) is 0 Å². The smallest absolute Gasteiger partial charge is 0.346 e. The second-order valence-electron chi connectivity index (χ2n) is 9.24. The number of carbonyl (C=O) groups excluding carboxylic acids is 1. The van der Waals surface area contributed by atoms with Crippen LogP contribution >= 0.6 is 0 Å². The molecular formula is C30H32N2O8. The Morgan fingerprint density at radius 2 is 1.52 bits per heavy atom. The predicted molar refractivity (Wildman–Crippen MR) is 149 cm³/mol. The largest absolute Gasteiger partial charge is 0.494 e. The second kappa shape index (κ2) is 13.9. The third-order valence-electron chi connectivity index (χ3n) is 6.26. The Morgan fingerprint density at radius 3 is 2.17 bits per heavy atom. The molecule has 0 saturated heterocycles. The van der Waals surface area contributed by atoms with Gasteiger partial charge in [0.1, 0.15) is 11.5 Å². The van der Waals surface area contributed by atoms with Crippen LogP contribution in [0, 0.1) is 0 Å². The number of hydrogen-bond acceptors (Lipinski definition) is 7. The molecule has 40 heavy (non-hydrogen) atoms. The first kappa shape index (κ1) is 28.3. The van der Waals surface area contributed by atoms with Gasteiger partial charge in [0, 0.05) is 18.5 Å². The summed E-state index contributed by atoms with van der Waals surface area (Å²) in [6, 6.07) is 21.5. The van der Waals surface area contributed by atoms with Crippen LogP contribution in [0.5, 0.6) is 17.2 Å². The number of rotatable bonds is 14. The molecule has 0 radical (unpaired) electrons. The van der Waals surface area contributed by atoms with Crippen molar-refractivity contribution in [1.82, 2.24) is 0 Å². The average molecular weight is 549 g/mol. The Kier molecular flexibility index (Phi) is 9.82. The van der Waals surface area contributed by atoms with E-state index in [9.17, 15) is 19.5 Å². The topological polar surface area (TPSA) is 135 Å².